The second kappa shape index (κ2) is 7.62. The molecule has 0 fully saturated rings. The number of carbonyl (C=O) groups is 2. The zero-order valence-corrected chi connectivity index (χ0v) is 12.3. The molecule has 112 valence electrons. The van der Waals surface area contributed by atoms with Crippen LogP contribution in [0.15, 0.2) is 0 Å². The van der Waals surface area contributed by atoms with Gasteiger partial charge in [-0.2, -0.15) is 0 Å². The van der Waals surface area contributed by atoms with Gasteiger partial charge in [-0.3, -0.25) is 4.79 Å². The third kappa shape index (κ3) is 3.79. The number of likely N-dealkylation sites (N-methyl/N-ethyl adjacent to an activating group) is 1. The van der Waals surface area contributed by atoms with Gasteiger partial charge in [0.25, 0.3) is 0 Å². The van der Waals surface area contributed by atoms with E-state index in [9.17, 15) is 9.59 Å². The van der Waals surface area contributed by atoms with E-state index in [1.165, 1.54) is 4.68 Å². The van der Waals surface area contributed by atoms with Crippen molar-refractivity contribution >= 4 is 11.9 Å². The van der Waals surface area contributed by atoms with Crippen LogP contribution < -0.4 is 0 Å². The zero-order valence-electron chi connectivity index (χ0n) is 12.3. The summed E-state index contributed by atoms with van der Waals surface area (Å²) in [7, 11) is 0. The van der Waals surface area contributed by atoms with Crippen molar-refractivity contribution in [3.63, 3.8) is 0 Å². The Labute approximate surface area is 118 Å². The van der Waals surface area contributed by atoms with Gasteiger partial charge in [0, 0.05) is 13.1 Å². The van der Waals surface area contributed by atoms with Crippen LogP contribution in [-0.4, -0.2) is 50.0 Å². The van der Waals surface area contributed by atoms with Crippen molar-refractivity contribution < 1.29 is 14.7 Å². The van der Waals surface area contributed by atoms with Gasteiger partial charge in [-0.1, -0.05) is 18.6 Å². The van der Waals surface area contributed by atoms with Crippen LogP contribution in [0.2, 0.25) is 0 Å². The molecule has 20 heavy (non-hydrogen) atoms. The number of aromatic carboxylic acids is 1. The van der Waals surface area contributed by atoms with Gasteiger partial charge in [0.05, 0.1) is 5.69 Å². The van der Waals surface area contributed by atoms with Crippen LogP contribution in [0.1, 0.15) is 49.8 Å². The molecule has 7 heteroatoms. The molecule has 0 unspecified atom stereocenters. The molecular weight excluding hydrogens is 260 g/mol. The number of carboxylic acid groups (broad SMARTS) is 1. The van der Waals surface area contributed by atoms with Crippen LogP contribution >= 0.6 is 0 Å². The van der Waals surface area contributed by atoms with Crippen molar-refractivity contribution in [2.75, 3.05) is 13.1 Å². The van der Waals surface area contributed by atoms with E-state index in [-0.39, 0.29) is 18.1 Å². The topological polar surface area (TPSA) is 88.3 Å². The van der Waals surface area contributed by atoms with Crippen LogP contribution in [0.3, 0.4) is 0 Å². The fraction of sp³-hybridized carbons (Fsp3) is 0.692. The summed E-state index contributed by atoms with van der Waals surface area (Å²) in [5.41, 5.74) is 0.477. The van der Waals surface area contributed by atoms with E-state index >= 15 is 0 Å². The van der Waals surface area contributed by atoms with E-state index in [4.69, 9.17) is 5.11 Å². The lowest BCUT2D eigenvalue weighted by Crippen LogP contribution is -2.34. The maximum absolute atomic E-state index is 12.1. The van der Waals surface area contributed by atoms with Crippen molar-refractivity contribution in [3.05, 3.63) is 11.4 Å². The number of hydrogen-bond donors (Lipinski definition) is 1. The van der Waals surface area contributed by atoms with E-state index < -0.39 is 5.97 Å². The molecule has 0 aliphatic heterocycles. The van der Waals surface area contributed by atoms with Crippen LogP contribution in [0.4, 0.5) is 0 Å². The molecule has 0 radical (unpaired) electrons. The van der Waals surface area contributed by atoms with Crippen LogP contribution in [0, 0.1) is 0 Å². The van der Waals surface area contributed by atoms with Gasteiger partial charge >= 0.3 is 5.97 Å². The number of hydrogen-bond acceptors (Lipinski definition) is 4. The average molecular weight is 282 g/mol. The first-order chi connectivity index (χ1) is 9.54. The Morgan fingerprint density at radius 1 is 1.25 bits per heavy atom. The summed E-state index contributed by atoms with van der Waals surface area (Å²) in [6.07, 6.45) is 2.35. The quantitative estimate of drug-likeness (QED) is 0.773. The SMILES string of the molecule is CCCCc1c(C(=O)O)nnn1CC(=O)N(CC)CC. The average Bonchev–Trinajstić information content (AvgIpc) is 2.80. The number of nitrogens with zero attached hydrogens (tertiary/aromatic N) is 4. The Hall–Kier alpha value is -1.92. The molecule has 7 nitrogen and oxygen atoms in total. The van der Waals surface area contributed by atoms with Gasteiger partial charge in [0.2, 0.25) is 5.91 Å². The summed E-state index contributed by atoms with van der Waals surface area (Å²) in [4.78, 5) is 24.9. The van der Waals surface area contributed by atoms with Crippen molar-refractivity contribution in [1.82, 2.24) is 19.9 Å². The van der Waals surface area contributed by atoms with Gasteiger partial charge in [0.15, 0.2) is 5.69 Å². The summed E-state index contributed by atoms with van der Waals surface area (Å²) in [6, 6.07) is 0. The lowest BCUT2D eigenvalue weighted by Gasteiger charge is -2.18. The Morgan fingerprint density at radius 3 is 2.40 bits per heavy atom. The molecule has 0 aromatic carbocycles. The first kappa shape index (κ1) is 16.1. The monoisotopic (exact) mass is 282 g/mol. The largest absolute Gasteiger partial charge is 0.476 e. The lowest BCUT2D eigenvalue weighted by molar-refractivity contribution is -0.131. The van der Waals surface area contributed by atoms with Crippen molar-refractivity contribution in [2.24, 2.45) is 0 Å². The van der Waals surface area contributed by atoms with Gasteiger partial charge in [-0.05, 0) is 26.7 Å². The normalized spacial score (nSPS) is 10.6. The van der Waals surface area contributed by atoms with E-state index in [2.05, 4.69) is 10.3 Å². The molecule has 0 aliphatic rings. The third-order valence-corrected chi connectivity index (χ3v) is 3.21. The van der Waals surface area contributed by atoms with E-state index in [0.717, 1.165) is 12.8 Å². The summed E-state index contributed by atoms with van der Waals surface area (Å²) >= 11 is 0. The molecule has 1 N–H and O–H groups in total. The highest BCUT2D eigenvalue weighted by atomic mass is 16.4. The predicted molar refractivity (Wildman–Crippen MR) is 73.5 cm³/mol. The Kier molecular flexibility index (Phi) is 6.14. The number of carboxylic acids is 1. The highest BCUT2D eigenvalue weighted by Crippen LogP contribution is 2.10. The van der Waals surface area contributed by atoms with Crippen molar-refractivity contribution in [1.29, 1.82) is 0 Å². The Bertz CT molecular complexity index is 466. The number of aromatic nitrogens is 3. The van der Waals surface area contributed by atoms with Gasteiger partial charge in [0.1, 0.15) is 6.54 Å². The molecular formula is C13H22N4O3. The van der Waals surface area contributed by atoms with E-state index in [1.54, 1.807) is 4.90 Å². The second-order valence-electron chi connectivity index (χ2n) is 4.52. The number of unbranched alkanes of at least 4 members (excludes halogenated alkanes) is 1. The molecule has 1 aromatic heterocycles. The van der Waals surface area contributed by atoms with Gasteiger partial charge in [-0.25, -0.2) is 9.48 Å². The minimum absolute atomic E-state index is 0.0427. The smallest absolute Gasteiger partial charge is 0.358 e. The maximum Gasteiger partial charge on any atom is 0.358 e. The van der Waals surface area contributed by atoms with E-state index in [0.29, 0.717) is 25.2 Å². The lowest BCUT2D eigenvalue weighted by atomic mass is 10.1. The van der Waals surface area contributed by atoms with Crippen molar-refractivity contribution in [3.8, 4) is 0 Å². The number of rotatable bonds is 8. The molecule has 1 aromatic rings. The maximum atomic E-state index is 12.1. The molecule has 0 saturated carbocycles. The minimum Gasteiger partial charge on any atom is -0.476 e. The molecule has 0 atom stereocenters. The fourth-order valence-corrected chi connectivity index (χ4v) is 2.02. The fourth-order valence-electron chi connectivity index (χ4n) is 2.02. The first-order valence-electron chi connectivity index (χ1n) is 6.98. The van der Waals surface area contributed by atoms with Crippen LogP contribution in [0.5, 0.6) is 0 Å². The second-order valence-corrected chi connectivity index (χ2v) is 4.52. The first-order valence-corrected chi connectivity index (χ1v) is 6.98. The summed E-state index contributed by atoms with van der Waals surface area (Å²) in [5, 5.41) is 16.6. The highest BCUT2D eigenvalue weighted by Gasteiger charge is 2.21. The molecule has 1 amide bonds. The third-order valence-electron chi connectivity index (χ3n) is 3.21. The van der Waals surface area contributed by atoms with Gasteiger partial charge in [-0.15, -0.1) is 5.10 Å². The summed E-state index contributed by atoms with van der Waals surface area (Å²) < 4.78 is 1.42. The molecule has 1 rings (SSSR count). The molecule has 1 heterocycles. The van der Waals surface area contributed by atoms with Gasteiger partial charge < -0.3 is 10.0 Å². The predicted octanol–water partition coefficient (Wildman–Crippen LogP) is 1.19. The van der Waals surface area contributed by atoms with Crippen LogP contribution in [0.25, 0.3) is 0 Å². The standard InChI is InChI=1S/C13H22N4O3/c1-4-7-8-10-12(13(19)20)14-15-17(10)9-11(18)16(5-2)6-3/h4-9H2,1-3H3,(H,19,20). The summed E-state index contributed by atoms with van der Waals surface area (Å²) in [5.74, 6) is -1.17. The Morgan fingerprint density at radius 2 is 1.90 bits per heavy atom. The number of amides is 1. The molecule has 0 spiro atoms. The van der Waals surface area contributed by atoms with E-state index in [1.807, 2.05) is 20.8 Å². The summed E-state index contributed by atoms with van der Waals surface area (Å²) in [6.45, 7) is 7.13. The Balaban J connectivity index is 2.94. The molecule has 0 bridgehead atoms. The zero-order chi connectivity index (χ0) is 15.1. The minimum atomic E-state index is -1.10. The highest BCUT2D eigenvalue weighted by molar-refractivity contribution is 5.86. The molecule has 0 saturated heterocycles. The molecule has 0 aliphatic carbocycles. The number of carbonyl (C=O) groups excluding carboxylic acids is 1. The van der Waals surface area contributed by atoms with Crippen LogP contribution in [-0.2, 0) is 17.8 Å². The van der Waals surface area contributed by atoms with Crippen molar-refractivity contribution in [2.45, 2.75) is 46.6 Å².